The third-order valence-corrected chi connectivity index (χ3v) is 4.70. The Balaban J connectivity index is 1.64. The van der Waals surface area contributed by atoms with E-state index in [0.29, 0.717) is 11.5 Å². The first kappa shape index (κ1) is 15.6. The highest BCUT2D eigenvalue weighted by Gasteiger charge is 2.33. The van der Waals surface area contributed by atoms with Crippen molar-refractivity contribution in [3.8, 4) is 5.69 Å². The quantitative estimate of drug-likeness (QED) is 0.734. The van der Waals surface area contributed by atoms with Crippen LogP contribution in [0.3, 0.4) is 0 Å². The molecule has 128 valence electrons. The average molecular weight is 337 g/mol. The van der Waals surface area contributed by atoms with Crippen molar-refractivity contribution in [2.45, 2.75) is 25.8 Å². The van der Waals surface area contributed by atoms with Crippen LogP contribution >= 0.6 is 0 Å². The van der Waals surface area contributed by atoms with E-state index in [1.165, 1.54) is 6.33 Å². The van der Waals surface area contributed by atoms with Gasteiger partial charge in [-0.05, 0) is 59.5 Å². The fourth-order valence-electron chi connectivity index (χ4n) is 3.36. The van der Waals surface area contributed by atoms with Gasteiger partial charge < -0.3 is 9.32 Å². The molecule has 2 aromatic heterocycles. The number of carbonyl (C=O) groups is 1. The molecular weight excluding hydrogens is 318 g/mol. The second kappa shape index (κ2) is 6.51. The number of hydrogen-bond donors (Lipinski definition) is 0. The Hall–Kier alpha value is -2.96. The van der Waals surface area contributed by atoms with Crippen LogP contribution in [0.4, 0.5) is 0 Å². The maximum absolute atomic E-state index is 13.2. The first-order valence-corrected chi connectivity index (χ1v) is 8.40. The molecule has 3 aromatic rings. The average Bonchev–Trinajstić information content (AvgIpc) is 3.35. The Bertz CT molecular complexity index is 844. The molecule has 1 aromatic carbocycles. The SMILES string of the molecule is C[C@H]1CCN(C(=O)c2cccc(-n3cnnn3)c2)[C@@H](c2ccco2)C1. The highest BCUT2D eigenvalue weighted by atomic mass is 16.3. The van der Waals surface area contributed by atoms with Crippen LogP contribution in [-0.2, 0) is 0 Å². The fourth-order valence-corrected chi connectivity index (χ4v) is 3.36. The molecule has 1 aliphatic heterocycles. The molecule has 1 fully saturated rings. The second-order valence-electron chi connectivity index (χ2n) is 6.46. The van der Waals surface area contributed by atoms with Crippen LogP contribution < -0.4 is 0 Å². The standard InChI is InChI=1S/C18H19N5O2/c1-13-7-8-22(16(10-13)17-6-3-9-25-17)18(24)14-4-2-5-15(11-14)23-12-19-20-21-23/h2-6,9,11-13,16H,7-8,10H2,1H3/t13-,16+/m0/s1. The molecule has 0 radical (unpaired) electrons. The highest BCUT2D eigenvalue weighted by Crippen LogP contribution is 2.35. The van der Waals surface area contributed by atoms with Crippen LogP contribution in [0.25, 0.3) is 5.69 Å². The second-order valence-corrected chi connectivity index (χ2v) is 6.46. The smallest absolute Gasteiger partial charge is 0.254 e. The molecule has 0 aliphatic carbocycles. The summed E-state index contributed by atoms with van der Waals surface area (Å²) in [5, 5.41) is 11.2. The number of nitrogens with zero attached hydrogens (tertiary/aromatic N) is 5. The number of amides is 1. The predicted octanol–water partition coefficient (Wildman–Crippen LogP) is 2.87. The molecule has 1 aliphatic rings. The van der Waals surface area contributed by atoms with E-state index in [0.717, 1.165) is 30.8 Å². The van der Waals surface area contributed by atoms with E-state index >= 15 is 0 Å². The minimum Gasteiger partial charge on any atom is -0.467 e. The molecular formula is C18H19N5O2. The molecule has 0 bridgehead atoms. The zero-order valence-corrected chi connectivity index (χ0v) is 13.9. The molecule has 0 saturated carbocycles. The van der Waals surface area contributed by atoms with Gasteiger partial charge in [0.1, 0.15) is 12.1 Å². The van der Waals surface area contributed by atoms with Crippen LogP contribution in [0.2, 0.25) is 0 Å². The zero-order valence-electron chi connectivity index (χ0n) is 13.9. The van der Waals surface area contributed by atoms with Crippen LogP contribution in [0, 0.1) is 5.92 Å². The van der Waals surface area contributed by atoms with Gasteiger partial charge in [-0.15, -0.1) is 5.10 Å². The number of furan rings is 1. The number of tetrazole rings is 1. The molecule has 0 N–H and O–H groups in total. The molecule has 4 rings (SSSR count). The van der Waals surface area contributed by atoms with Gasteiger partial charge in [0.25, 0.3) is 5.91 Å². The minimum absolute atomic E-state index is 0.00299. The first-order chi connectivity index (χ1) is 12.2. The number of aromatic nitrogens is 4. The molecule has 0 spiro atoms. The summed E-state index contributed by atoms with van der Waals surface area (Å²) in [4.78, 5) is 15.1. The molecule has 25 heavy (non-hydrogen) atoms. The Morgan fingerprint density at radius 1 is 1.28 bits per heavy atom. The number of rotatable bonds is 3. The maximum Gasteiger partial charge on any atom is 0.254 e. The van der Waals surface area contributed by atoms with E-state index in [1.807, 2.05) is 41.3 Å². The molecule has 7 nitrogen and oxygen atoms in total. The predicted molar refractivity (Wildman–Crippen MR) is 90.0 cm³/mol. The third kappa shape index (κ3) is 3.05. The summed E-state index contributed by atoms with van der Waals surface area (Å²) >= 11 is 0. The van der Waals surface area contributed by atoms with E-state index in [1.54, 1.807) is 10.9 Å². The normalized spacial score (nSPS) is 20.6. The molecule has 1 amide bonds. The Labute approximate surface area is 145 Å². The number of likely N-dealkylation sites (tertiary alicyclic amines) is 1. The zero-order chi connectivity index (χ0) is 17.2. The van der Waals surface area contributed by atoms with E-state index < -0.39 is 0 Å². The van der Waals surface area contributed by atoms with E-state index in [9.17, 15) is 4.79 Å². The van der Waals surface area contributed by atoms with Gasteiger partial charge in [-0.25, -0.2) is 4.68 Å². The van der Waals surface area contributed by atoms with Crippen molar-refractivity contribution in [3.63, 3.8) is 0 Å². The lowest BCUT2D eigenvalue weighted by Gasteiger charge is -2.37. The number of piperidine rings is 1. The summed E-state index contributed by atoms with van der Waals surface area (Å²) in [6.07, 6.45) is 5.08. The Morgan fingerprint density at radius 3 is 2.96 bits per heavy atom. The van der Waals surface area contributed by atoms with Crippen molar-refractivity contribution in [1.29, 1.82) is 0 Å². The van der Waals surface area contributed by atoms with E-state index in [-0.39, 0.29) is 11.9 Å². The van der Waals surface area contributed by atoms with Gasteiger partial charge in [-0.1, -0.05) is 13.0 Å². The van der Waals surface area contributed by atoms with Crippen LogP contribution in [0.1, 0.15) is 41.9 Å². The van der Waals surface area contributed by atoms with Gasteiger partial charge in [0.2, 0.25) is 0 Å². The lowest BCUT2D eigenvalue weighted by molar-refractivity contribution is 0.0521. The van der Waals surface area contributed by atoms with Crippen LogP contribution in [0.15, 0.2) is 53.4 Å². The summed E-state index contributed by atoms with van der Waals surface area (Å²) in [5.41, 5.74) is 1.38. The number of benzene rings is 1. The molecule has 3 heterocycles. The van der Waals surface area contributed by atoms with E-state index in [2.05, 4.69) is 22.4 Å². The fraction of sp³-hybridized carbons (Fsp3) is 0.333. The minimum atomic E-state index is -0.0251. The van der Waals surface area contributed by atoms with Crippen molar-refractivity contribution in [3.05, 3.63) is 60.3 Å². The Kier molecular flexibility index (Phi) is 4.05. The van der Waals surface area contributed by atoms with Crippen molar-refractivity contribution in [2.24, 2.45) is 5.92 Å². The van der Waals surface area contributed by atoms with Gasteiger partial charge in [0.05, 0.1) is 18.0 Å². The lowest BCUT2D eigenvalue weighted by Crippen LogP contribution is -2.40. The molecule has 0 unspecified atom stereocenters. The maximum atomic E-state index is 13.2. The summed E-state index contributed by atoms with van der Waals surface area (Å²) in [5.74, 6) is 1.41. The van der Waals surface area contributed by atoms with Crippen molar-refractivity contribution >= 4 is 5.91 Å². The summed E-state index contributed by atoms with van der Waals surface area (Å²) in [6, 6.07) is 11.1. The van der Waals surface area contributed by atoms with Crippen LogP contribution in [0.5, 0.6) is 0 Å². The van der Waals surface area contributed by atoms with E-state index in [4.69, 9.17) is 4.42 Å². The number of hydrogen-bond acceptors (Lipinski definition) is 5. The molecule has 7 heteroatoms. The lowest BCUT2D eigenvalue weighted by atomic mass is 9.90. The van der Waals surface area contributed by atoms with Gasteiger partial charge >= 0.3 is 0 Å². The Morgan fingerprint density at radius 2 is 2.20 bits per heavy atom. The summed E-state index contributed by atoms with van der Waals surface area (Å²) < 4.78 is 7.14. The molecule has 2 atom stereocenters. The first-order valence-electron chi connectivity index (χ1n) is 8.40. The largest absolute Gasteiger partial charge is 0.467 e. The van der Waals surface area contributed by atoms with Gasteiger partial charge in [0.15, 0.2) is 0 Å². The van der Waals surface area contributed by atoms with Crippen molar-refractivity contribution in [2.75, 3.05) is 6.54 Å². The number of carbonyl (C=O) groups excluding carboxylic acids is 1. The summed E-state index contributed by atoms with van der Waals surface area (Å²) in [6.45, 7) is 2.94. The molecule has 1 saturated heterocycles. The third-order valence-electron chi connectivity index (χ3n) is 4.70. The summed E-state index contributed by atoms with van der Waals surface area (Å²) in [7, 11) is 0. The van der Waals surface area contributed by atoms with Crippen molar-refractivity contribution in [1.82, 2.24) is 25.1 Å². The topological polar surface area (TPSA) is 77.1 Å². The monoisotopic (exact) mass is 337 g/mol. The van der Waals surface area contributed by atoms with Crippen molar-refractivity contribution < 1.29 is 9.21 Å². The van der Waals surface area contributed by atoms with Crippen LogP contribution in [-0.4, -0.2) is 37.6 Å². The van der Waals surface area contributed by atoms with Gasteiger partial charge in [0, 0.05) is 12.1 Å². The van der Waals surface area contributed by atoms with Gasteiger partial charge in [-0.2, -0.15) is 0 Å². The highest BCUT2D eigenvalue weighted by molar-refractivity contribution is 5.95. The van der Waals surface area contributed by atoms with Gasteiger partial charge in [-0.3, -0.25) is 4.79 Å².